The Kier molecular flexibility index (Phi) is 6.29. The molecule has 34 heavy (non-hydrogen) atoms. The lowest BCUT2D eigenvalue weighted by Crippen LogP contribution is -2.20. The van der Waals surface area contributed by atoms with Gasteiger partial charge in [-0.1, -0.05) is 49.4 Å². The molecule has 0 saturated heterocycles. The summed E-state index contributed by atoms with van der Waals surface area (Å²) in [6.45, 7) is 3.83. The SMILES string of the molecule is COc1ccc(F)c(-c2ccc(C3CCc4ccc(C(C5CC5)C(C)C(C)=O)cc4C3)cc2)c1. The number of hydrogen-bond donors (Lipinski definition) is 0. The van der Waals surface area contributed by atoms with Crippen molar-refractivity contribution in [2.45, 2.75) is 57.8 Å². The summed E-state index contributed by atoms with van der Waals surface area (Å²) in [5.74, 6) is 2.24. The molecule has 3 unspecified atom stereocenters. The Balaban J connectivity index is 1.37. The zero-order chi connectivity index (χ0) is 23.8. The van der Waals surface area contributed by atoms with E-state index in [1.165, 1.54) is 41.2 Å². The van der Waals surface area contributed by atoms with E-state index in [0.717, 1.165) is 24.8 Å². The van der Waals surface area contributed by atoms with Gasteiger partial charge in [0.2, 0.25) is 0 Å². The number of Topliss-reactive ketones (excluding diaryl/α,β-unsaturated/α-hetero) is 1. The number of halogens is 1. The van der Waals surface area contributed by atoms with Crippen LogP contribution in [0.5, 0.6) is 5.75 Å². The van der Waals surface area contributed by atoms with Gasteiger partial charge in [0.25, 0.3) is 0 Å². The van der Waals surface area contributed by atoms with Crippen molar-refractivity contribution in [1.82, 2.24) is 0 Å². The Morgan fingerprint density at radius 1 is 0.971 bits per heavy atom. The molecular weight excluding hydrogens is 423 g/mol. The van der Waals surface area contributed by atoms with Gasteiger partial charge in [0.1, 0.15) is 17.3 Å². The standard InChI is InChI=1S/C31H33FO2/c1-19(20(2)33)31(24-10-11-24)26-13-7-22-6-12-25(16-27(22)17-26)21-4-8-23(9-5-21)29-18-28(34-3)14-15-30(29)32/h4-5,7-9,13-15,17-19,24-25,31H,6,10-12,16H2,1-3H3. The van der Waals surface area contributed by atoms with Crippen LogP contribution in [0, 0.1) is 17.7 Å². The van der Waals surface area contributed by atoms with Crippen LogP contribution in [0.1, 0.15) is 67.2 Å². The lowest BCUT2D eigenvalue weighted by atomic mass is 9.76. The van der Waals surface area contributed by atoms with E-state index < -0.39 is 0 Å². The molecule has 1 fully saturated rings. The minimum atomic E-state index is -0.238. The number of benzene rings is 3. The molecule has 3 heteroatoms. The van der Waals surface area contributed by atoms with Crippen LogP contribution in [0.25, 0.3) is 11.1 Å². The van der Waals surface area contributed by atoms with E-state index in [1.807, 2.05) is 12.1 Å². The van der Waals surface area contributed by atoms with Crippen LogP contribution in [0.15, 0.2) is 60.7 Å². The smallest absolute Gasteiger partial charge is 0.133 e. The molecule has 2 aliphatic rings. The average molecular weight is 457 g/mol. The molecule has 3 aromatic carbocycles. The molecule has 0 aromatic heterocycles. The van der Waals surface area contributed by atoms with Gasteiger partial charge < -0.3 is 4.74 Å². The minimum Gasteiger partial charge on any atom is -0.497 e. The van der Waals surface area contributed by atoms with Gasteiger partial charge in [-0.3, -0.25) is 4.79 Å². The maximum Gasteiger partial charge on any atom is 0.133 e. The van der Waals surface area contributed by atoms with Crippen molar-refractivity contribution in [1.29, 1.82) is 0 Å². The Morgan fingerprint density at radius 3 is 2.41 bits per heavy atom. The summed E-state index contributed by atoms with van der Waals surface area (Å²) in [6.07, 6.45) is 5.68. The van der Waals surface area contributed by atoms with Crippen molar-refractivity contribution in [2.24, 2.45) is 11.8 Å². The highest BCUT2D eigenvalue weighted by molar-refractivity contribution is 5.79. The van der Waals surface area contributed by atoms with Gasteiger partial charge in [-0.2, -0.15) is 0 Å². The zero-order valence-electron chi connectivity index (χ0n) is 20.3. The summed E-state index contributed by atoms with van der Waals surface area (Å²) in [7, 11) is 1.60. The largest absolute Gasteiger partial charge is 0.497 e. The first-order chi connectivity index (χ1) is 16.4. The number of methoxy groups -OCH3 is 1. The lowest BCUT2D eigenvalue weighted by molar-refractivity contribution is -0.121. The Hall–Kier alpha value is -2.94. The third-order valence-electron chi connectivity index (χ3n) is 8.02. The first kappa shape index (κ1) is 22.8. The van der Waals surface area contributed by atoms with E-state index in [0.29, 0.717) is 34.8 Å². The van der Waals surface area contributed by atoms with Crippen molar-refractivity contribution >= 4 is 5.78 Å². The third kappa shape index (κ3) is 4.53. The molecule has 2 nitrogen and oxygen atoms in total. The van der Waals surface area contributed by atoms with Gasteiger partial charge in [-0.05, 0) is 103 Å². The summed E-state index contributed by atoms with van der Waals surface area (Å²) in [5, 5.41) is 0. The van der Waals surface area contributed by atoms with E-state index >= 15 is 0 Å². The first-order valence-electron chi connectivity index (χ1n) is 12.5. The van der Waals surface area contributed by atoms with Crippen LogP contribution >= 0.6 is 0 Å². The first-order valence-corrected chi connectivity index (χ1v) is 12.5. The van der Waals surface area contributed by atoms with Crippen molar-refractivity contribution in [3.63, 3.8) is 0 Å². The predicted molar refractivity (Wildman–Crippen MR) is 135 cm³/mol. The molecule has 0 aliphatic heterocycles. The molecule has 0 N–H and O–H groups in total. The van der Waals surface area contributed by atoms with E-state index in [-0.39, 0.29) is 11.7 Å². The Morgan fingerprint density at radius 2 is 1.74 bits per heavy atom. The van der Waals surface area contributed by atoms with Crippen LogP contribution in [0.3, 0.4) is 0 Å². The molecule has 0 radical (unpaired) electrons. The van der Waals surface area contributed by atoms with Crippen LogP contribution in [-0.4, -0.2) is 12.9 Å². The van der Waals surface area contributed by atoms with Gasteiger partial charge in [-0.15, -0.1) is 0 Å². The van der Waals surface area contributed by atoms with Crippen molar-refractivity contribution in [3.05, 3.63) is 88.7 Å². The molecule has 3 atom stereocenters. The van der Waals surface area contributed by atoms with Crippen molar-refractivity contribution in [3.8, 4) is 16.9 Å². The summed E-state index contributed by atoms with van der Waals surface area (Å²) >= 11 is 0. The van der Waals surface area contributed by atoms with E-state index in [4.69, 9.17) is 4.74 Å². The van der Waals surface area contributed by atoms with Gasteiger partial charge in [0.05, 0.1) is 7.11 Å². The highest BCUT2D eigenvalue weighted by atomic mass is 19.1. The van der Waals surface area contributed by atoms with Crippen LogP contribution < -0.4 is 4.74 Å². The van der Waals surface area contributed by atoms with Gasteiger partial charge in [0, 0.05) is 11.5 Å². The average Bonchev–Trinajstić information content (AvgIpc) is 3.69. The number of ketones is 1. The number of ether oxygens (including phenoxy) is 1. The molecule has 2 aliphatic carbocycles. The molecule has 0 bridgehead atoms. The maximum atomic E-state index is 14.4. The van der Waals surface area contributed by atoms with Crippen LogP contribution in [0.2, 0.25) is 0 Å². The topological polar surface area (TPSA) is 26.3 Å². The fourth-order valence-electron chi connectivity index (χ4n) is 5.73. The summed E-state index contributed by atoms with van der Waals surface area (Å²) in [4.78, 5) is 12.2. The number of hydrogen-bond acceptors (Lipinski definition) is 2. The lowest BCUT2D eigenvalue weighted by Gasteiger charge is -2.28. The van der Waals surface area contributed by atoms with Gasteiger partial charge >= 0.3 is 0 Å². The number of fused-ring (bicyclic) bond motifs is 1. The number of carbonyl (C=O) groups excluding carboxylic acids is 1. The van der Waals surface area contributed by atoms with E-state index in [1.54, 1.807) is 26.2 Å². The molecule has 1 saturated carbocycles. The quantitative estimate of drug-likeness (QED) is 0.368. The van der Waals surface area contributed by atoms with Gasteiger partial charge in [0.15, 0.2) is 0 Å². The highest BCUT2D eigenvalue weighted by Gasteiger charge is 2.37. The monoisotopic (exact) mass is 456 g/mol. The maximum absolute atomic E-state index is 14.4. The number of rotatable bonds is 7. The zero-order valence-corrected chi connectivity index (χ0v) is 20.3. The number of carbonyl (C=O) groups is 1. The van der Waals surface area contributed by atoms with Crippen molar-refractivity contribution in [2.75, 3.05) is 7.11 Å². The number of aryl methyl sites for hydroxylation is 1. The fourth-order valence-corrected chi connectivity index (χ4v) is 5.73. The Bertz CT molecular complexity index is 1190. The van der Waals surface area contributed by atoms with Gasteiger partial charge in [-0.25, -0.2) is 4.39 Å². The van der Waals surface area contributed by atoms with E-state index in [9.17, 15) is 9.18 Å². The molecule has 0 spiro atoms. The molecular formula is C31H33FO2. The second kappa shape index (κ2) is 9.37. The molecule has 0 heterocycles. The molecule has 5 rings (SSSR count). The normalized spacial score (nSPS) is 19.2. The Labute approximate surface area is 202 Å². The van der Waals surface area contributed by atoms with E-state index in [2.05, 4.69) is 37.3 Å². The minimum absolute atomic E-state index is 0.0782. The molecule has 176 valence electrons. The second-order valence-electron chi connectivity index (χ2n) is 10.2. The van der Waals surface area contributed by atoms with Crippen molar-refractivity contribution < 1.29 is 13.9 Å². The third-order valence-corrected chi connectivity index (χ3v) is 8.02. The van der Waals surface area contributed by atoms with Crippen LogP contribution in [0.4, 0.5) is 4.39 Å². The summed E-state index contributed by atoms with van der Waals surface area (Å²) in [5.41, 5.74) is 6.95. The fraction of sp³-hybridized carbons (Fsp3) is 0.387. The summed E-state index contributed by atoms with van der Waals surface area (Å²) in [6, 6.07) is 20.2. The predicted octanol–water partition coefficient (Wildman–Crippen LogP) is 7.49. The molecule has 3 aromatic rings. The molecule has 0 amide bonds. The highest BCUT2D eigenvalue weighted by Crippen LogP contribution is 2.47. The second-order valence-corrected chi connectivity index (χ2v) is 10.2. The summed E-state index contributed by atoms with van der Waals surface area (Å²) < 4.78 is 19.7. The van der Waals surface area contributed by atoms with Crippen LogP contribution in [-0.2, 0) is 17.6 Å².